The van der Waals surface area contributed by atoms with Crippen LogP contribution in [0.2, 0.25) is 0 Å². The molecule has 1 saturated heterocycles. The van der Waals surface area contributed by atoms with Crippen molar-refractivity contribution in [2.75, 3.05) is 37.7 Å². The largest absolute Gasteiger partial charge is 0.313 e. The molecule has 100 valence electrons. The lowest BCUT2D eigenvalue weighted by Gasteiger charge is -2.25. The molecule has 2 rings (SSSR count). The first kappa shape index (κ1) is 13.7. The van der Waals surface area contributed by atoms with Crippen LogP contribution < -0.4 is 5.32 Å². The highest BCUT2D eigenvalue weighted by molar-refractivity contribution is 7.99. The highest BCUT2D eigenvalue weighted by atomic mass is 32.2. The van der Waals surface area contributed by atoms with Crippen LogP contribution in [-0.2, 0) is 0 Å². The van der Waals surface area contributed by atoms with E-state index in [1.165, 1.54) is 63.4 Å². The molecule has 0 aromatic rings. The average Bonchev–Trinajstić information content (AvgIpc) is 2.89. The summed E-state index contributed by atoms with van der Waals surface area (Å²) in [6.45, 7) is 9.87. The fourth-order valence-corrected chi connectivity index (χ4v) is 3.43. The van der Waals surface area contributed by atoms with Crippen LogP contribution in [0.3, 0.4) is 0 Å². The normalized spacial score (nSPS) is 25.1. The lowest BCUT2D eigenvalue weighted by atomic mass is 10.1. The van der Waals surface area contributed by atoms with E-state index in [2.05, 4.69) is 24.1 Å². The van der Waals surface area contributed by atoms with E-state index < -0.39 is 0 Å². The molecule has 0 amide bonds. The molecular formula is C14H28N2S. The van der Waals surface area contributed by atoms with E-state index >= 15 is 0 Å². The summed E-state index contributed by atoms with van der Waals surface area (Å²) in [5, 5.41) is 3.75. The zero-order valence-corrected chi connectivity index (χ0v) is 12.3. The monoisotopic (exact) mass is 256 g/mol. The molecule has 2 nitrogen and oxygen atoms in total. The van der Waals surface area contributed by atoms with Crippen LogP contribution in [0.4, 0.5) is 0 Å². The summed E-state index contributed by atoms with van der Waals surface area (Å²) in [6, 6.07) is 0.677. The van der Waals surface area contributed by atoms with E-state index in [-0.39, 0.29) is 0 Å². The van der Waals surface area contributed by atoms with E-state index in [0.29, 0.717) is 11.5 Å². The van der Waals surface area contributed by atoms with Gasteiger partial charge in [0.2, 0.25) is 0 Å². The van der Waals surface area contributed by atoms with Gasteiger partial charge in [-0.05, 0) is 56.9 Å². The van der Waals surface area contributed by atoms with E-state index in [1.807, 2.05) is 11.8 Å². The Labute approximate surface area is 111 Å². The molecule has 1 aliphatic heterocycles. The summed E-state index contributed by atoms with van der Waals surface area (Å²) in [4.78, 5) is 2.68. The minimum Gasteiger partial charge on any atom is -0.313 e. The average molecular weight is 256 g/mol. The van der Waals surface area contributed by atoms with Crippen LogP contribution in [-0.4, -0.2) is 48.6 Å². The topological polar surface area (TPSA) is 15.3 Å². The van der Waals surface area contributed by atoms with Gasteiger partial charge in [-0.25, -0.2) is 0 Å². The fraction of sp³-hybridized carbons (Fsp3) is 1.00. The molecule has 1 N–H and O–H groups in total. The third kappa shape index (κ3) is 4.46. The van der Waals surface area contributed by atoms with Crippen molar-refractivity contribution in [2.45, 2.75) is 45.6 Å². The van der Waals surface area contributed by atoms with E-state index in [4.69, 9.17) is 0 Å². The van der Waals surface area contributed by atoms with Gasteiger partial charge >= 0.3 is 0 Å². The molecular weight excluding hydrogens is 228 g/mol. The SMILES string of the molecule is CCSC[C@H](C)NCC1(CN2CCCC2)CC1. The summed E-state index contributed by atoms with van der Waals surface area (Å²) in [5.41, 5.74) is 0.648. The molecule has 1 aliphatic carbocycles. The van der Waals surface area contributed by atoms with E-state index in [9.17, 15) is 0 Å². The number of rotatable bonds is 8. The minimum atomic E-state index is 0.648. The molecule has 2 aliphatic rings. The van der Waals surface area contributed by atoms with Crippen molar-refractivity contribution in [3.63, 3.8) is 0 Å². The van der Waals surface area contributed by atoms with Gasteiger partial charge < -0.3 is 10.2 Å². The lowest BCUT2D eigenvalue weighted by molar-refractivity contribution is 0.254. The maximum Gasteiger partial charge on any atom is 0.0130 e. The van der Waals surface area contributed by atoms with Crippen LogP contribution >= 0.6 is 11.8 Å². The van der Waals surface area contributed by atoms with Gasteiger partial charge in [0.05, 0.1) is 0 Å². The summed E-state index contributed by atoms with van der Waals surface area (Å²) < 4.78 is 0. The Balaban J connectivity index is 1.63. The molecule has 3 heteroatoms. The molecule has 0 bridgehead atoms. The number of hydrogen-bond donors (Lipinski definition) is 1. The predicted molar refractivity (Wildman–Crippen MR) is 77.8 cm³/mol. The number of hydrogen-bond acceptors (Lipinski definition) is 3. The second kappa shape index (κ2) is 6.44. The second-order valence-electron chi connectivity index (χ2n) is 5.92. The Kier molecular flexibility index (Phi) is 5.19. The quantitative estimate of drug-likeness (QED) is 0.718. The predicted octanol–water partition coefficient (Wildman–Crippen LogP) is 2.59. The molecule has 0 radical (unpaired) electrons. The first-order valence-corrected chi connectivity index (χ1v) is 8.43. The highest BCUT2D eigenvalue weighted by Gasteiger charge is 2.43. The Morgan fingerprint density at radius 1 is 1.29 bits per heavy atom. The Morgan fingerprint density at radius 3 is 2.59 bits per heavy atom. The van der Waals surface area contributed by atoms with Gasteiger partial charge in [0.15, 0.2) is 0 Å². The molecule has 0 unspecified atom stereocenters. The number of thioether (sulfide) groups is 1. The fourth-order valence-electron chi connectivity index (χ4n) is 2.73. The van der Waals surface area contributed by atoms with E-state index in [0.717, 1.165) is 0 Å². The molecule has 1 atom stereocenters. The van der Waals surface area contributed by atoms with Crippen molar-refractivity contribution in [1.29, 1.82) is 0 Å². The van der Waals surface area contributed by atoms with Gasteiger partial charge in [0.1, 0.15) is 0 Å². The van der Waals surface area contributed by atoms with Crippen molar-refractivity contribution in [2.24, 2.45) is 5.41 Å². The first-order valence-electron chi connectivity index (χ1n) is 7.28. The zero-order valence-electron chi connectivity index (χ0n) is 11.5. The van der Waals surface area contributed by atoms with Crippen molar-refractivity contribution >= 4 is 11.8 Å². The van der Waals surface area contributed by atoms with Gasteiger partial charge in [0.25, 0.3) is 0 Å². The summed E-state index contributed by atoms with van der Waals surface area (Å²) >= 11 is 2.05. The Hall–Kier alpha value is 0.270. The van der Waals surface area contributed by atoms with Crippen molar-refractivity contribution in [3.05, 3.63) is 0 Å². The van der Waals surface area contributed by atoms with Crippen LogP contribution in [0.5, 0.6) is 0 Å². The Morgan fingerprint density at radius 2 is 2.00 bits per heavy atom. The standard InChI is InChI=1S/C14H28N2S/c1-3-17-10-13(2)15-11-14(6-7-14)12-16-8-4-5-9-16/h13,15H,3-12H2,1-2H3/t13-/m0/s1. The first-order chi connectivity index (χ1) is 8.24. The van der Waals surface area contributed by atoms with Gasteiger partial charge in [0, 0.05) is 24.9 Å². The molecule has 0 spiro atoms. The number of likely N-dealkylation sites (tertiary alicyclic amines) is 1. The molecule has 1 saturated carbocycles. The molecule has 17 heavy (non-hydrogen) atoms. The number of nitrogens with zero attached hydrogens (tertiary/aromatic N) is 1. The summed E-state index contributed by atoms with van der Waals surface area (Å²) in [6.07, 6.45) is 5.74. The minimum absolute atomic E-state index is 0.648. The van der Waals surface area contributed by atoms with Crippen molar-refractivity contribution < 1.29 is 0 Å². The van der Waals surface area contributed by atoms with Crippen LogP contribution in [0.25, 0.3) is 0 Å². The Bertz CT molecular complexity index is 222. The number of nitrogens with one attached hydrogen (secondary N) is 1. The van der Waals surface area contributed by atoms with E-state index in [1.54, 1.807) is 0 Å². The molecule has 1 heterocycles. The van der Waals surface area contributed by atoms with Crippen LogP contribution in [0.15, 0.2) is 0 Å². The van der Waals surface area contributed by atoms with Gasteiger partial charge in [-0.15, -0.1) is 0 Å². The summed E-state index contributed by atoms with van der Waals surface area (Å²) in [7, 11) is 0. The molecule has 0 aromatic heterocycles. The lowest BCUT2D eigenvalue weighted by Crippen LogP contribution is -2.38. The smallest absolute Gasteiger partial charge is 0.0130 e. The van der Waals surface area contributed by atoms with Crippen molar-refractivity contribution in [3.8, 4) is 0 Å². The van der Waals surface area contributed by atoms with Crippen molar-refractivity contribution in [1.82, 2.24) is 10.2 Å². The zero-order chi connectivity index (χ0) is 12.1. The van der Waals surface area contributed by atoms with Gasteiger partial charge in [-0.2, -0.15) is 11.8 Å². The maximum absolute atomic E-state index is 3.75. The molecule has 2 fully saturated rings. The summed E-state index contributed by atoms with van der Waals surface area (Å²) in [5.74, 6) is 2.50. The third-order valence-electron chi connectivity index (χ3n) is 4.11. The van der Waals surface area contributed by atoms with Gasteiger partial charge in [-0.1, -0.05) is 6.92 Å². The van der Waals surface area contributed by atoms with Gasteiger partial charge in [-0.3, -0.25) is 0 Å². The van der Waals surface area contributed by atoms with Crippen LogP contribution in [0, 0.1) is 5.41 Å². The van der Waals surface area contributed by atoms with Crippen LogP contribution in [0.1, 0.15) is 39.5 Å². The highest BCUT2D eigenvalue weighted by Crippen LogP contribution is 2.46. The molecule has 0 aromatic carbocycles. The third-order valence-corrected chi connectivity index (χ3v) is 5.26. The second-order valence-corrected chi connectivity index (χ2v) is 7.24. The maximum atomic E-state index is 3.75.